The first-order chi connectivity index (χ1) is 21.5. The number of aliphatic carboxylic acids is 1. The van der Waals surface area contributed by atoms with Crippen molar-refractivity contribution in [3.63, 3.8) is 0 Å². The third kappa shape index (κ3) is 11.6. The summed E-state index contributed by atoms with van der Waals surface area (Å²) in [7, 11) is -2.44. The van der Waals surface area contributed by atoms with Crippen LogP contribution in [-0.4, -0.2) is 63.1 Å². The minimum Gasteiger partial charge on any atom is -0.497 e. The number of benzene rings is 3. The molecule has 0 fully saturated rings. The van der Waals surface area contributed by atoms with E-state index in [0.29, 0.717) is 24.3 Å². The Hall–Kier alpha value is -4.26. The van der Waals surface area contributed by atoms with Crippen LogP contribution >= 0.6 is 0 Å². The molecule has 3 atom stereocenters. The van der Waals surface area contributed by atoms with Crippen molar-refractivity contribution in [1.29, 1.82) is 0 Å². The van der Waals surface area contributed by atoms with E-state index < -0.39 is 40.0 Å². The molecule has 0 saturated heterocycles. The van der Waals surface area contributed by atoms with E-state index in [-0.39, 0.29) is 36.1 Å². The summed E-state index contributed by atoms with van der Waals surface area (Å²) < 4.78 is 33.0. The molecule has 0 heterocycles. The van der Waals surface area contributed by atoms with Gasteiger partial charge in [-0.3, -0.25) is 19.7 Å². The summed E-state index contributed by atoms with van der Waals surface area (Å²) in [4.78, 5) is 39.1. The third-order valence-electron chi connectivity index (χ3n) is 7.06. The molecule has 0 bridgehead atoms. The summed E-state index contributed by atoms with van der Waals surface area (Å²) in [6.45, 7) is 3.68. The molecule has 242 valence electrons. The standard InChI is InChI=1S/C33H42N4O7S/c1-23(2)22-30(32(39)35-25-12-8-5-9-13-25)37-31(38)28(19-14-24-10-6-4-7-11-24)36-29(33(40)41)20-21-34-45(42,43)27-17-15-26(44-3)16-18-27/h4-13,15-18,23,28-30,34,36H,14,19-22H2,1-3H3,(H,35,39)(H,37,38)(H,40,41)/t28-,29-,30-/m0/s1. The van der Waals surface area contributed by atoms with Crippen molar-refractivity contribution in [2.24, 2.45) is 5.92 Å². The molecule has 0 saturated carbocycles. The maximum atomic E-state index is 13.7. The lowest BCUT2D eigenvalue weighted by atomic mass is 10.00. The monoisotopic (exact) mass is 638 g/mol. The van der Waals surface area contributed by atoms with E-state index in [1.807, 2.05) is 50.2 Å². The topological polar surface area (TPSA) is 163 Å². The van der Waals surface area contributed by atoms with Crippen LogP contribution in [0.15, 0.2) is 89.8 Å². The van der Waals surface area contributed by atoms with Crippen molar-refractivity contribution < 1.29 is 32.6 Å². The van der Waals surface area contributed by atoms with Crippen LogP contribution < -0.4 is 25.4 Å². The van der Waals surface area contributed by atoms with Crippen molar-refractivity contribution in [2.45, 2.75) is 62.6 Å². The molecule has 0 aliphatic heterocycles. The number of hydrogen-bond donors (Lipinski definition) is 5. The lowest BCUT2D eigenvalue weighted by Gasteiger charge is -2.26. The van der Waals surface area contributed by atoms with Crippen molar-refractivity contribution in [3.8, 4) is 5.75 Å². The number of methoxy groups -OCH3 is 1. The second-order valence-electron chi connectivity index (χ2n) is 11.0. The molecule has 2 amide bonds. The fourth-order valence-corrected chi connectivity index (χ4v) is 5.72. The number of carbonyl (C=O) groups is 3. The van der Waals surface area contributed by atoms with Gasteiger partial charge in [0.1, 0.15) is 17.8 Å². The molecule has 5 N–H and O–H groups in total. The number of hydrogen-bond acceptors (Lipinski definition) is 7. The summed E-state index contributed by atoms with van der Waals surface area (Å²) >= 11 is 0. The number of anilines is 1. The molecule has 0 aliphatic rings. The number of ether oxygens (including phenoxy) is 1. The van der Waals surface area contributed by atoms with E-state index in [1.54, 1.807) is 24.3 Å². The molecule has 12 heteroatoms. The SMILES string of the molecule is COc1ccc(S(=O)(=O)NCC[C@H](N[C@@H](CCc2ccccc2)C(=O)N[C@@H](CC(C)C)C(=O)Nc2ccccc2)C(=O)O)cc1. The first-order valence-electron chi connectivity index (χ1n) is 14.8. The normalized spacial score (nSPS) is 13.4. The summed E-state index contributed by atoms with van der Waals surface area (Å²) in [5, 5.41) is 18.6. The quantitative estimate of drug-likeness (QED) is 0.141. The van der Waals surface area contributed by atoms with Gasteiger partial charge in [-0.15, -0.1) is 0 Å². The highest BCUT2D eigenvalue weighted by Gasteiger charge is 2.30. The Morgan fingerprint density at radius 3 is 2.00 bits per heavy atom. The fraction of sp³-hybridized carbons (Fsp3) is 0.364. The number of sulfonamides is 1. The maximum absolute atomic E-state index is 13.7. The molecular formula is C33H42N4O7S. The van der Waals surface area contributed by atoms with Crippen LogP contribution in [0.1, 0.15) is 38.7 Å². The first kappa shape index (κ1) is 35.2. The zero-order valence-corrected chi connectivity index (χ0v) is 26.5. The van der Waals surface area contributed by atoms with E-state index in [0.717, 1.165) is 5.56 Å². The van der Waals surface area contributed by atoms with Crippen LogP contribution in [0.2, 0.25) is 0 Å². The van der Waals surface area contributed by atoms with E-state index in [9.17, 15) is 27.9 Å². The molecule has 3 rings (SSSR count). The van der Waals surface area contributed by atoms with Gasteiger partial charge in [-0.25, -0.2) is 13.1 Å². The van der Waals surface area contributed by atoms with Crippen LogP contribution in [0.25, 0.3) is 0 Å². The van der Waals surface area contributed by atoms with Crippen molar-refractivity contribution in [3.05, 3.63) is 90.5 Å². The Balaban J connectivity index is 1.73. The number of amides is 2. The van der Waals surface area contributed by atoms with Gasteiger partial charge in [-0.05, 0) is 73.6 Å². The zero-order valence-electron chi connectivity index (χ0n) is 25.7. The summed E-state index contributed by atoms with van der Waals surface area (Å²) in [5.41, 5.74) is 1.55. The van der Waals surface area contributed by atoms with Gasteiger partial charge in [0, 0.05) is 12.2 Å². The molecule has 0 aromatic heterocycles. The number of carbonyl (C=O) groups excluding carboxylic acids is 2. The number of rotatable bonds is 18. The predicted octanol–water partition coefficient (Wildman–Crippen LogP) is 3.58. The van der Waals surface area contributed by atoms with Gasteiger partial charge in [0.05, 0.1) is 18.0 Å². The molecule has 0 aliphatic carbocycles. The third-order valence-corrected chi connectivity index (χ3v) is 8.53. The Morgan fingerprint density at radius 2 is 1.42 bits per heavy atom. The van der Waals surface area contributed by atoms with E-state index in [4.69, 9.17) is 4.74 Å². The van der Waals surface area contributed by atoms with E-state index in [1.165, 1.54) is 31.4 Å². The average molecular weight is 639 g/mol. The number of aryl methyl sites for hydroxylation is 1. The molecule has 3 aromatic rings. The number of carboxylic acids is 1. The molecule has 0 spiro atoms. The van der Waals surface area contributed by atoms with Crippen LogP contribution in [-0.2, 0) is 30.8 Å². The maximum Gasteiger partial charge on any atom is 0.320 e. The van der Waals surface area contributed by atoms with Gasteiger partial charge in [0.25, 0.3) is 0 Å². The molecule has 11 nitrogen and oxygen atoms in total. The second kappa shape index (κ2) is 17.3. The van der Waals surface area contributed by atoms with Crippen LogP contribution in [0.4, 0.5) is 5.69 Å². The van der Waals surface area contributed by atoms with Gasteiger partial charge in [-0.2, -0.15) is 0 Å². The van der Waals surface area contributed by atoms with Gasteiger partial charge in [-0.1, -0.05) is 62.4 Å². The fourth-order valence-electron chi connectivity index (χ4n) is 4.67. The Kier molecular flexibility index (Phi) is 13.5. The second-order valence-corrected chi connectivity index (χ2v) is 12.8. The first-order valence-corrected chi connectivity index (χ1v) is 16.3. The summed E-state index contributed by atoms with van der Waals surface area (Å²) in [6, 6.07) is 21.0. The lowest BCUT2D eigenvalue weighted by molar-refractivity contribution is -0.140. The molecule has 0 radical (unpaired) electrons. The molecule has 0 unspecified atom stereocenters. The summed E-state index contributed by atoms with van der Waals surface area (Å²) in [6.07, 6.45) is 0.939. The Bertz CT molecular complexity index is 1480. The highest BCUT2D eigenvalue weighted by atomic mass is 32.2. The minimum atomic E-state index is -3.91. The van der Waals surface area contributed by atoms with Crippen LogP contribution in [0, 0.1) is 5.92 Å². The average Bonchev–Trinajstić information content (AvgIpc) is 3.02. The number of nitrogens with one attached hydrogen (secondary N) is 4. The summed E-state index contributed by atoms with van der Waals surface area (Å²) in [5.74, 6) is -1.57. The number of para-hydroxylation sites is 1. The van der Waals surface area contributed by atoms with Gasteiger partial charge < -0.3 is 20.5 Å². The van der Waals surface area contributed by atoms with Gasteiger partial charge >= 0.3 is 5.97 Å². The lowest BCUT2D eigenvalue weighted by Crippen LogP contribution is -2.55. The highest BCUT2D eigenvalue weighted by molar-refractivity contribution is 7.89. The van der Waals surface area contributed by atoms with Crippen molar-refractivity contribution in [2.75, 3.05) is 19.0 Å². The van der Waals surface area contributed by atoms with Gasteiger partial charge in [0.2, 0.25) is 21.8 Å². The van der Waals surface area contributed by atoms with Crippen LogP contribution in [0.3, 0.4) is 0 Å². The van der Waals surface area contributed by atoms with Crippen molar-refractivity contribution >= 4 is 33.5 Å². The van der Waals surface area contributed by atoms with Crippen LogP contribution in [0.5, 0.6) is 5.75 Å². The largest absolute Gasteiger partial charge is 0.497 e. The smallest absolute Gasteiger partial charge is 0.320 e. The predicted molar refractivity (Wildman–Crippen MR) is 172 cm³/mol. The van der Waals surface area contributed by atoms with E-state index >= 15 is 0 Å². The van der Waals surface area contributed by atoms with Crippen molar-refractivity contribution in [1.82, 2.24) is 15.4 Å². The Morgan fingerprint density at radius 1 is 0.800 bits per heavy atom. The van der Waals surface area contributed by atoms with E-state index in [2.05, 4.69) is 20.7 Å². The zero-order chi connectivity index (χ0) is 32.8. The molecule has 45 heavy (non-hydrogen) atoms. The molecule has 3 aromatic carbocycles. The highest BCUT2D eigenvalue weighted by Crippen LogP contribution is 2.16. The molecular weight excluding hydrogens is 596 g/mol. The minimum absolute atomic E-state index is 0.00761. The number of carboxylic acid groups (broad SMARTS) is 1. The van der Waals surface area contributed by atoms with Gasteiger partial charge in [0.15, 0.2) is 0 Å². The Labute approximate surface area is 264 Å².